The minimum atomic E-state index is -1.32. The van der Waals surface area contributed by atoms with Gasteiger partial charge in [0.15, 0.2) is 5.11 Å². The Morgan fingerprint density at radius 2 is 1.81 bits per heavy atom. The first-order valence-corrected chi connectivity index (χ1v) is 9.89. The van der Waals surface area contributed by atoms with E-state index < -0.39 is 22.5 Å². The number of benzene rings is 2. The topological polar surface area (TPSA) is 145 Å². The first-order chi connectivity index (χ1) is 14.8. The average molecular weight is 444 g/mol. The van der Waals surface area contributed by atoms with Gasteiger partial charge in [0.25, 0.3) is 11.6 Å². The molecule has 1 heterocycles. The number of hydrogen-bond acceptors (Lipinski definition) is 7. The Hall–Kier alpha value is -3.73. The fraction of sp³-hybridized carbons (Fsp3) is 0.250. The first-order valence-electron chi connectivity index (χ1n) is 9.48. The van der Waals surface area contributed by atoms with Gasteiger partial charge < -0.3 is 20.4 Å². The van der Waals surface area contributed by atoms with E-state index in [2.05, 4.69) is 10.6 Å². The summed E-state index contributed by atoms with van der Waals surface area (Å²) in [6, 6.07) is 8.00. The van der Waals surface area contributed by atoms with E-state index in [1.807, 2.05) is 4.90 Å². The number of carboxylic acids is 1. The van der Waals surface area contributed by atoms with Gasteiger partial charge in [-0.15, -0.1) is 0 Å². The van der Waals surface area contributed by atoms with Crippen molar-refractivity contribution in [3.63, 3.8) is 0 Å². The quantitative estimate of drug-likeness (QED) is 0.236. The van der Waals surface area contributed by atoms with Gasteiger partial charge in [-0.1, -0.05) is 0 Å². The summed E-state index contributed by atoms with van der Waals surface area (Å²) in [4.78, 5) is 36.6. The van der Waals surface area contributed by atoms with Gasteiger partial charge in [0, 0.05) is 30.4 Å². The van der Waals surface area contributed by atoms with E-state index in [0.29, 0.717) is 5.69 Å². The zero-order valence-corrected chi connectivity index (χ0v) is 17.1. The maximum atomic E-state index is 12.5. The molecule has 0 radical (unpaired) electrons. The fourth-order valence-electron chi connectivity index (χ4n) is 3.34. The van der Waals surface area contributed by atoms with Crippen LogP contribution in [0.25, 0.3) is 0 Å². The van der Waals surface area contributed by atoms with Crippen molar-refractivity contribution in [1.29, 1.82) is 0 Å². The predicted molar refractivity (Wildman–Crippen MR) is 118 cm³/mol. The highest BCUT2D eigenvalue weighted by Gasteiger charge is 2.23. The lowest BCUT2D eigenvalue weighted by molar-refractivity contribution is -0.384. The van der Waals surface area contributed by atoms with Gasteiger partial charge in [-0.05, 0) is 61.8 Å². The van der Waals surface area contributed by atoms with E-state index >= 15 is 0 Å². The van der Waals surface area contributed by atoms with E-state index in [1.54, 1.807) is 6.07 Å². The number of carboxylic acid groups (broad SMARTS) is 1. The molecule has 0 unspecified atom stereocenters. The molecule has 11 heteroatoms. The van der Waals surface area contributed by atoms with Crippen LogP contribution in [0.4, 0.5) is 17.1 Å². The zero-order chi connectivity index (χ0) is 22.5. The zero-order valence-electron chi connectivity index (χ0n) is 16.3. The molecule has 1 aliphatic rings. The van der Waals surface area contributed by atoms with E-state index in [-0.39, 0.29) is 27.6 Å². The van der Waals surface area contributed by atoms with Crippen molar-refractivity contribution in [2.75, 3.05) is 23.3 Å². The van der Waals surface area contributed by atoms with Crippen molar-refractivity contribution in [1.82, 2.24) is 5.32 Å². The molecule has 1 fully saturated rings. The van der Waals surface area contributed by atoms with Crippen molar-refractivity contribution < 1.29 is 24.7 Å². The predicted octanol–water partition coefficient (Wildman–Crippen LogP) is 3.12. The largest absolute Gasteiger partial charge is 0.507 e. The normalized spacial score (nSPS) is 13.4. The minimum absolute atomic E-state index is 0.0635. The summed E-state index contributed by atoms with van der Waals surface area (Å²) in [6.45, 7) is 1.46. The molecule has 162 valence electrons. The van der Waals surface area contributed by atoms with Crippen LogP contribution in [0.5, 0.6) is 5.75 Å². The van der Waals surface area contributed by atoms with Crippen LogP contribution >= 0.6 is 12.2 Å². The Kier molecular flexibility index (Phi) is 6.65. The third-order valence-electron chi connectivity index (χ3n) is 4.84. The second-order valence-corrected chi connectivity index (χ2v) is 7.36. The molecule has 0 atom stereocenters. The maximum Gasteiger partial charge on any atom is 0.339 e. The number of rotatable bonds is 5. The third kappa shape index (κ3) is 5.25. The smallest absolute Gasteiger partial charge is 0.339 e. The van der Waals surface area contributed by atoms with Gasteiger partial charge in [0.2, 0.25) is 0 Å². The molecule has 2 aromatic carbocycles. The molecule has 0 bridgehead atoms. The number of carbonyl (C=O) groups is 2. The number of carbonyl (C=O) groups excluding carboxylic acids is 1. The van der Waals surface area contributed by atoms with E-state index in [4.69, 9.17) is 17.3 Å². The number of phenols is 1. The Labute approximate surface area is 182 Å². The van der Waals surface area contributed by atoms with Crippen LogP contribution in [0, 0.1) is 10.1 Å². The second-order valence-electron chi connectivity index (χ2n) is 6.95. The van der Waals surface area contributed by atoms with Gasteiger partial charge in [0.05, 0.1) is 4.92 Å². The highest BCUT2D eigenvalue weighted by Crippen LogP contribution is 2.31. The number of nitrogens with zero attached hydrogens (tertiary/aromatic N) is 2. The number of thiocarbonyl (C=S) groups is 1. The summed E-state index contributed by atoms with van der Waals surface area (Å²) in [6.07, 6.45) is 3.00. The lowest BCUT2D eigenvalue weighted by Gasteiger charge is -2.28. The highest BCUT2D eigenvalue weighted by atomic mass is 32.1. The summed E-state index contributed by atoms with van der Waals surface area (Å²) in [5.41, 5.74) is 0.300. The number of aromatic carboxylic acids is 1. The van der Waals surface area contributed by atoms with Crippen LogP contribution in [-0.2, 0) is 0 Å². The molecule has 1 amide bonds. The Balaban J connectivity index is 1.73. The maximum absolute atomic E-state index is 12.5. The number of nitrogens with one attached hydrogen (secondary N) is 2. The number of piperidine rings is 1. The van der Waals surface area contributed by atoms with Crippen molar-refractivity contribution in [2.45, 2.75) is 19.3 Å². The van der Waals surface area contributed by atoms with Crippen LogP contribution in [-0.4, -0.2) is 45.2 Å². The van der Waals surface area contributed by atoms with E-state index in [0.717, 1.165) is 38.4 Å². The Morgan fingerprint density at radius 3 is 2.45 bits per heavy atom. The molecule has 3 rings (SSSR count). The summed E-state index contributed by atoms with van der Waals surface area (Å²) in [7, 11) is 0. The molecule has 1 saturated heterocycles. The Morgan fingerprint density at radius 1 is 1.10 bits per heavy atom. The summed E-state index contributed by atoms with van der Waals surface area (Å²) >= 11 is 5.07. The van der Waals surface area contributed by atoms with Crippen LogP contribution < -0.4 is 15.5 Å². The molecule has 0 spiro atoms. The van der Waals surface area contributed by atoms with Crippen molar-refractivity contribution in [3.05, 3.63) is 57.6 Å². The molecule has 0 saturated carbocycles. The molecular formula is C20H20N4O6S. The van der Waals surface area contributed by atoms with E-state index in [9.17, 15) is 24.8 Å². The summed E-state index contributed by atoms with van der Waals surface area (Å²) < 4.78 is 0. The van der Waals surface area contributed by atoms with Crippen LogP contribution in [0.15, 0.2) is 36.4 Å². The molecule has 31 heavy (non-hydrogen) atoms. The first kappa shape index (κ1) is 22.0. The number of anilines is 2. The molecule has 0 aromatic heterocycles. The average Bonchev–Trinajstić information content (AvgIpc) is 2.75. The monoisotopic (exact) mass is 444 g/mol. The standard InChI is InChI=1S/C20H20N4O6S/c25-17-7-5-13(11-14(17)19(27)28)21-20(31)22-18(26)12-4-6-15(16(10-12)24(29)30)23-8-2-1-3-9-23/h4-7,10-11,25H,1-3,8-9H2,(H,27,28)(H2,21,22,26,31). The second kappa shape index (κ2) is 9.39. The Bertz CT molecular complexity index is 1050. The highest BCUT2D eigenvalue weighted by molar-refractivity contribution is 7.80. The molecule has 1 aliphatic heterocycles. The summed E-state index contributed by atoms with van der Waals surface area (Å²) in [5, 5.41) is 35.1. The van der Waals surface area contributed by atoms with Gasteiger partial charge in [-0.3, -0.25) is 20.2 Å². The van der Waals surface area contributed by atoms with E-state index in [1.165, 1.54) is 24.3 Å². The molecule has 0 aliphatic carbocycles. The fourth-order valence-corrected chi connectivity index (χ4v) is 3.55. The van der Waals surface area contributed by atoms with Crippen LogP contribution in [0.1, 0.15) is 40.0 Å². The number of hydrogen-bond donors (Lipinski definition) is 4. The van der Waals surface area contributed by atoms with Crippen molar-refractivity contribution >= 4 is 46.3 Å². The van der Waals surface area contributed by atoms with Crippen molar-refractivity contribution in [2.24, 2.45) is 0 Å². The number of aromatic hydroxyl groups is 1. The third-order valence-corrected chi connectivity index (χ3v) is 5.05. The lowest BCUT2D eigenvalue weighted by atomic mass is 10.1. The molecular weight excluding hydrogens is 424 g/mol. The van der Waals surface area contributed by atoms with Gasteiger partial charge in [0.1, 0.15) is 17.0 Å². The van der Waals surface area contributed by atoms with Gasteiger partial charge in [-0.2, -0.15) is 0 Å². The van der Waals surface area contributed by atoms with Gasteiger partial charge in [-0.25, -0.2) is 4.79 Å². The van der Waals surface area contributed by atoms with Gasteiger partial charge >= 0.3 is 5.97 Å². The SMILES string of the molecule is O=C(NC(=S)Nc1ccc(O)c(C(=O)O)c1)c1ccc(N2CCCCC2)c([N+](=O)[O-])c1. The lowest BCUT2D eigenvalue weighted by Crippen LogP contribution is -2.34. The summed E-state index contributed by atoms with van der Waals surface area (Å²) in [5.74, 6) is -2.38. The number of amides is 1. The van der Waals surface area contributed by atoms with Crippen LogP contribution in [0.3, 0.4) is 0 Å². The molecule has 10 nitrogen and oxygen atoms in total. The van der Waals surface area contributed by atoms with Crippen LogP contribution in [0.2, 0.25) is 0 Å². The number of nitro groups is 1. The minimum Gasteiger partial charge on any atom is -0.507 e. The number of nitro benzene ring substituents is 1. The molecule has 2 aromatic rings. The van der Waals surface area contributed by atoms with Crippen molar-refractivity contribution in [3.8, 4) is 5.75 Å². The molecule has 4 N–H and O–H groups in total.